The average Bonchev–Trinajstić information content (AvgIpc) is 3.15. The quantitative estimate of drug-likeness (QED) is 0.337. The molecule has 8 heteroatoms. The Labute approximate surface area is 142 Å². The van der Waals surface area contributed by atoms with E-state index in [0.717, 1.165) is 11.1 Å². The number of fused-ring (bicyclic) bond motifs is 1. The van der Waals surface area contributed by atoms with Gasteiger partial charge in [-0.15, -0.1) is 0 Å². The van der Waals surface area contributed by atoms with Gasteiger partial charge in [0.2, 0.25) is 0 Å². The third-order valence-electron chi connectivity index (χ3n) is 3.98. The van der Waals surface area contributed by atoms with E-state index in [1.807, 2.05) is 6.07 Å². The molecule has 25 heavy (non-hydrogen) atoms. The molecule has 0 aliphatic heterocycles. The van der Waals surface area contributed by atoms with Crippen LogP contribution < -0.4 is 5.73 Å². The van der Waals surface area contributed by atoms with Crippen molar-refractivity contribution < 1.29 is 5.11 Å². The molecule has 0 unspecified atom stereocenters. The third-order valence-corrected chi connectivity index (χ3v) is 3.98. The Morgan fingerprint density at radius 2 is 2.16 bits per heavy atom. The van der Waals surface area contributed by atoms with Crippen LogP contribution in [0, 0.1) is 5.41 Å². The van der Waals surface area contributed by atoms with Crippen LogP contribution in [0.4, 0.5) is 0 Å². The summed E-state index contributed by atoms with van der Waals surface area (Å²) < 4.78 is 1.57. The van der Waals surface area contributed by atoms with Crippen molar-refractivity contribution in [1.82, 2.24) is 24.7 Å². The Bertz CT molecular complexity index is 1100. The van der Waals surface area contributed by atoms with E-state index in [9.17, 15) is 5.11 Å². The molecule has 1 aromatic carbocycles. The molecule has 0 bridgehead atoms. The van der Waals surface area contributed by atoms with Gasteiger partial charge in [0.25, 0.3) is 0 Å². The molecule has 0 spiro atoms. The molecule has 5 N–H and O–H groups in total. The summed E-state index contributed by atoms with van der Waals surface area (Å²) in [6.45, 7) is 0. The van der Waals surface area contributed by atoms with Crippen molar-refractivity contribution in [3.05, 3.63) is 48.3 Å². The molecule has 124 valence electrons. The van der Waals surface area contributed by atoms with E-state index < -0.39 is 0 Å². The molecule has 3 aromatic heterocycles. The highest BCUT2D eigenvalue weighted by atomic mass is 16.3. The number of hydrogen-bond donors (Lipinski definition) is 4. The zero-order valence-corrected chi connectivity index (χ0v) is 13.4. The van der Waals surface area contributed by atoms with Crippen molar-refractivity contribution in [3.63, 3.8) is 0 Å². The predicted octanol–water partition coefficient (Wildman–Crippen LogP) is 2.02. The van der Waals surface area contributed by atoms with Crippen LogP contribution in [-0.2, 0) is 7.05 Å². The van der Waals surface area contributed by atoms with Crippen LogP contribution in [0.15, 0.2) is 42.7 Å². The van der Waals surface area contributed by atoms with Crippen molar-refractivity contribution in [2.24, 2.45) is 12.8 Å². The molecule has 0 aliphatic rings. The van der Waals surface area contributed by atoms with Gasteiger partial charge in [-0.3, -0.25) is 15.1 Å². The van der Waals surface area contributed by atoms with Crippen LogP contribution in [0.5, 0.6) is 5.75 Å². The number of benzene rings is 1. The monoisotopic (exact) mass is 333 g/mol. The standard InChI is InChI=1S/C17H15N7O/c1-24-14(15(25)13(23-24)10-3-2-6-20-8-10)17-21-11-5-4-9(16(18)19)7-12(11)22-17/h2-8,25H,1H3,(H3,18,19)(H,21,22). The molecule has 0 atom stereocenters. The SMILES string of the molecule is Cn1nc(-c2cccnc2)c(O)c1-c1nc2cc(C(=N)N)ccc2[nH]1. The Morgan fingerprint density at radius 1 is 1.32 bits per heavy atom. The van der Waals surface area contributed by atoms with Gasteiger partial charge in [0, 0.05) is 30.6 Å². The number of aromatic nitrogens is 5. The van der Waals surface area contributed by atoms with E-state index in [1.165, 1.54) is 0 Å². The normalized spacial score (nSPS) is 11.1. The Balaban J connectivity index is 1.86. The average molecular weight is 333 g/mol. The lowest BCUT2D eigenvalue weighted by Crippen LogP contribution is -2.10. The summed E-state index contributed by atoms with van der Waals surface area (Å²) in [5.74, 6) is 0.494. The summed E-state index contributed by atoms with van der Waals surface area (Å²) in [6, 6.07) is 8.89. The molecule has 0 aliphatic carbocycles. The summed E-state index contributed by atoms with van der Waals surface area (Å²) in [4.78, 5) is 11.7. The highest BCUT2D eigenvalue weighted by Crippen LogP contribution is 2.36. The van der Waals surface area contributed by atoms with Crippen molar-refractivity contribution >= 4 is 16.9 Å². The zero-order valence-electron chi connectivity index (χ0n) is 13.4. The van der Waals surface area contributed by atoms with Crippen LogP contribution in [-0.4, -0.2) is 35.7 Å². The molecule has 3 heterocycles. The second kappa shape index (κ2) is 5.45. The first kappa shape index (κ1) is 14.9. The predicted molar refractivity (Wildman–Crippen MR) is 94.2 cm³/mol. The van der Waals surface area contributed by atoms with Crippen molar-refractivity contribution in [3.8, 4) is 28.5 Å². The van der Waals surface area contributed by atoms with E-state index >= 15 is 0 Å². The fourth-order valence-corrected chi connectivity index (χ4v) is 2.76. The number of nitrogens with zero attached hydrogens (tertiary/aromatic N) is 4. The Kier molecular flexibility index (Phi) is 3.24. The number of H-pyrrole nitrogens is 1. The number of imidazole rings is 1. The maximum Gasteiger partial charge on any atom is 0.173 e. The van der Waals surface area contributed by atoms with Gasteiger partial charge in [0.1, 0.15) is 17.2 Å². The van der Waals surface area contributed by atoms with Crippen LogP contribution in [0.2, 0.25) is 0 Å². The number of aromatic hydroxyl groups is 1. The maximum atomic E-state index is 10.7. The fraction of sp³-hybridized carbons (Fsp3) is 0.0588. The molecule has 0 fully saturated rings. The van der Waals surface area contributed by atoms with Gasteiger partial charge in [0.05, 0.1) is 11.0 Å². The maximum absolute atomic E-state index is 10.7. The fourth-order valence-electron chi connectivity index (χ4n) is 2.76. The molecular formula is C17H15N7O. The number of nitrogens with two attached hydrogens (primary N) is 1. The van der Waals surface area contributed by atoms with Crippen LogP contribution in [0.1, 0.15) is 5.56 Å². The van der Waals surface area contributed by atoms with Crippen LogP contribution in [0.25, 0.3) is 33.8 Å². The van der Waals surface area contributed by atoms with Crippen LogP contribution >= 0.6 is 0 Å². The lowest BCUT2D eigenvalue weighted by molar-refractivity contribution is 0.478. The number of nitrogens with one attached hydrogen (secondary N) is 2. The van der Waals surface area contributed by atoms with Gasteiger partial charge >= 0.3 is 0 Å². The largest absolute Gasteiger partial charge is 0.504 e. The molecule has 0 saturated heterocycles. The number of hydrogen-bond acceptors (Lipinski definition) is 5. The first-order chi connectivity index (χ1) is 12.0. The Hall–Kier alpha value is -3.68. The van der Waals surface area contributed by atoms with Gasteiger partial charge in [-0.25, -0.2) is 4.98 Å². The summed E-state index contributed by atoms with van der Waals surface area (Å²) in [6.07, 6.45) is 3.31. The summed E-state index contributed by atoms with van der Waals surface area (Å²) in [5.41, 5.74) is 9.19. The zero-order chi connectivity index (χ0) is 17.6. The first-order valence-corrected chi connectivity index (χ1v) is 7.55. The Morgan fingerprint density at radius 3 is 2.88 bits per heavy atom. The summed E-state index contributed by atoms with van der Waals surface area (Å²) in [5, 5.41) is 22.6. The van der Waals surface area contributed by atoms with E-state index in [1.54, 1.807) is 48.4 Å². The number of amidine groups is 1. The minimum Gasteiger partial charge on any atom is -0.504 e. The number of nitrogen functional groups attached to an aromatic ring is 1. The lowest BCUT2D eigenvalue weighted by atomic mass is 10.2. The van der Waals surface area contributed by atoms with E-state index in [4.69, 9.17) is 11.1 Å². The second-order valence-electron chi connectivity index (χ2n) is 5.64. The number of aryl methyl sites for hydroxylation is 1. The van der Waals surface area contributed by atoms with Crippen molar-refractivity contribution in [2.45, 2.75) is 0 Å². The van der Waals surface area contributed by atoms with E-state index in [0.29, 0.717) is 28.3 Å². The highest BCUT2D eigenvalue weighted by Gasteiger charge is 2.21. The third kappa shape index (κ3) is 2.40. The minimum absolute atomic E-state index is 0.0197. The molecule has 0 amide bonds. The molecular weight excluding hydrogens is 318 g/mol. The van der Waals surface area contributed by atoms with Crippen LogP contribution in [0.3, 0.4) is 0 Å². The number of aromatic amines is 1. The van der Waals surface area contributed by atoms with Gasteiger partial charge in [0.15, 0.2) is 11.6 Å². The van der Waals surface area contributed by atoms with Gasteiger partial charge in [-0.05, 0) is 30.3 Å². The minimum atomic E-state index is -0.0197. The highest BCUT2D eigenvalue weighted by molar-refractivity contribution is 5.98. The summed E-state index contributed by atoms with van der Waals surface area (Å²) >= 11 is 0. The van der Waals surface area contributed by atoms with Gasteiger partial charge in [-0.1, -0.05) is 0 Å². The van der Waals surface area contributed by atoms with Crippen molar-refractivity contribution in [1.29, 1.82) is 5.41 Å². The molecule has 0 saturated carbocycles. The summed E-state index contributed by atoms with van der Waals surface area (Å²) in [7, 11) is 1.74. The first-order valence-electron chi connectivity index (χ1n) is 7.55. The number of rotatable bonds is 3. The topological polar surface area (TPSA) is 129 Å². The lowest BCUT2D eigenvalue weighted by Gasteiger charge is -1.98. The molecule has 4 rings (SSSR count). The smallest absolute Gasteiger partial charge is 0.173 e. The molecule has 8 nitrogen and oxygen atoms in total. The van der Waals surface area contributed by atoms with Gasteiger partial charge in [-0.2, -0.15) is 5.10 Å². The van der Waals surface area contributed by atoms with Gasteiger partial charge < -0.3 is 15.8 Å². The van der Waals surface area contributed by atoms with Crippen molar-refractivity contribution in [2.75, 3.05) is 0 Å². The molecule has 4 aromatic rings. The molecule has 0 radical (unpaired) electrons. The number of pyridine rings is 1. The van der Waals surface area contributed by atoms with E-state index in [2.05, 4.69) is 20.1 Å². The second-order valence-corrected chi connectivity index (χ2v) is 5.64. The van der Waals surface area contributed by atoms with E-state index in [-0.39, 0.29) is 11.6 Å².